The molecule has 0 heterocycles. The van der Waals surface area contributed by atoms with Crippen molar-refractivity contribution in [1.82, 2.24) is 4.90 Å². The second kappa shape index (κ2) is 8.49. The Morgan fingerprint density at radius 3 is 1.67 bits per heavy atom. The Morgan fingerprint density at radius 1 is 0.778 bits per heavy atom. The lowest BCUT2D eigenvalue weighted by Gasteiger charge is -2.30. The summed E-state index contributed by atoms with van der Waals surface area (Å²) in [7, 11) is 0. The number of aromatic carboxylic acids is 1. The molecular formula is C21H24N2O4. The van der Waals surface area contributed by atoms with Gasteiger partial charge in [0, 0.05) is 28.9 Å². The van der Waals surface area contributed by atoms with Crippen LogP contribution in [0.3, 0.4) is 0 Å². The standard InChI is InChI=1S/C21H24N2O4/c1-13(2)23(14(3)4)20(25)16-7-5-15(6-8-16)19(24)22-18-11-9-17(10-12-18)21(26)27/h5-14H,1-4H3,(H,22,24)(H,26,27). The van der Waals surface area contributed by atoms with Crippen LogP contribution < -0.4 is 5.32 Å². The van der Waals surface area contributed by atoms with Gasteiger partial charge in [0.25, 0.3) is 11.8 Å². The average molecular weight is 368 g/mol. The van der Waals surface area contributed by atoms with E-state index in [1.54, 1.807) is 29.2 Å². The highest BCUT2D eigenvalue weighted by molar-refractivity contribution is 6.05. The first-order chi connectivity index (χ1) is 12.7. The number of hydrogen-bond acceptors (Lipinski definition) is 3. The molecule has 6 heteroatoms. The Balaban J connectivity index is 2.10. The maximum Gasteiger partial charge on any atom is 0.335 e. The monoisotopic (exact) mass is 368 g/mol. The number of nitrogens with one attached hydrogen (secondary N) is 1. The summed E-state index contributed by atoms with van der Waals surface area (Å²) in [5.41, 5.74) is 1.58. The number of rotatable bonds is 6. The lowest BCUT2D eigenvalue weighted by Crippen LogP contribution is -2.42. The maximum absolute atomic E-state index is 12.7. The van der Waals surface area contributed by atoms with Crippen LogP contribution in [-0.4, -0.2) is 39.9 Å². The first-order valence-electron chi connectivity index (χ1n) is 8.78. The molecule has 0 saturated heterocycles. The van der Waals surface area contributed by atoms with Crippen molar-refractivity contribution in [3.63, 3.8) is 0 Å². The SMILES string of the molecule is CC(C)N(C(=O)c1ccc(C(=O)Nc2ccc(C(=O)O)cc2)cc1)C(C)C. The molecule has 0 bridgehead atoms. The zero-order valence-electron chi connectivity index (χ0n) is 15.9. The molecule has 2 aromatic rings. The van der Waals surface area contributed by atoms with E-state index in [9.17, 15) is 14.4 Å². The Bertz CT molecular complexity index is 816. The van der Waals surface area contributed by atoms with Crippen molar-refractivity contribution in [2.45, 2.75) is 39.8 Å². The van der Waals surface area contributed by atoms with Crippen molar-refractivity contribution in [3.05, 3.63) is 65.2 Å². The molecule has 0 atom stereocenters. The Labute approximate surface area is 158 Å². The van der Waals surface area contributed by atoms with Gasteiger partial charge in [0.05, 0.1) is 5.56 Å². The molecule has 0 aromatic heterocycles. The first kappa shape index (κ1) is 20.2. The van der Waals surface area contributed by atoms with E-state index in [2.05, 4.69) is 5.32 Å². The normalized spacial score (nSPS) is 10.7. The molecule has 2 aromatic carbocycles. The van der Waals surface area contributed by atoms with Crippen molar-refractivity contribution in [1.29, 1.82) is 0 Å². The number of amides is 2. The summed E-state index contributed by atoms with van der Waals surface area (Å²) < 4.78 is 0. The van der Waals surface area contributed by atoms with Crippen LogP contribution in [-0.2, 0) is 0 Å². The smallest absolute Gasteiger partial charge is 0.335 e. The molecule has 2 N–H and O–H groups in total. The van der Waals surface area contributed by atoms with Crippen LogP contribution in [0.15, 0.2) is 48.5 Å². The van der Waals surface area contributed by atoms with Crippen LogP contribution in [0.2, 0.25) is 0 Å². The van der Waals surface area contributed by atoms with E-state index < -0.39 is 5.97 Å². The lowest BCUT2D eigenvalue weighted by molar-refractivity contribution is 0.0641. The summed E-state index contributed by atoms with van der Waals surface area (Å²) >= 11 is 0. The molecule has 0 aliphatic heterocycles. The van der Waals surface area contributed by atoms with Crippen LogP contribution in [0.25, 0.3) is 0 Å². The van der Waals surface area contributed by atoms with Crippen molar-refractivity contribution < 1.29 is 19.5 Å². The van der Waals surface area contributed by atoms with E-state index in [0.29, 0.717) is 16.8 Å². The van der Waals surface area contributed by atoms with Crippen molar-refractivity contribution in [3.8, 4) is 0 Å². The van der Waals surface area contributed by atoms with Crippen molar-refractivity contribution in [2.24, 2.45) is 0 Å². The van der Waals surface area contributed by atoms with Gasteiger partial charge in [0.1, 0.15) is 0 Å². The molecule has 2 rings (SSSR count). The third-order valence-electron chi connectivity index (χ3n) is 4.13. The second-order valence-electron chi connectivity index (χ2n) is 6.81. The highest BCUT2D eigenvalue weighted by atomic mass is 16.4. The average Bonchev–Trinajstić information content (AvgIpc) is 2.61. The molecule has 27 heavy (non-hydrogen) atoms. The third kappa shape index (κ3) is 4.94. The molecule has 0 radical (unpaired) electrons. The first-order valence-corrected chi connectivity index (χ1v) is 8.78. The van der Waals surface area contributed by atoms with E-state index in [-0.39, 0.29) is 29.5 Å². The van der Waals surface area contributed by atoms with Crippen LogP contribution >= 0.6 is 0 Å². The number of carboxylic acids is 1. The number of nitrogens with zero attached hydrogens (tertiary/aromatic N) is 1. The van der Waals surface area contributed by atoms with E-state index in [0.717, 1.165) is 0 Å². The van der Waals surface area contributed by atoms with Gasteiger partial charge in [0.2, 0.25) is 0 Å². The van der Waals surface area contributed by atoms with Crippen LogP contribution in [0.5, 0.6) is 0 Å². The van der Waals surface area contributed by atoms with Crippen LogP contribution in [0.4, 0.5) is 5.69 Å². The van der Waals surface area contributed by atoms with E-state index in [1.165, 1.54) is 24.3 Å². The quantitative estimate of drug-likeness (QED) is 0.810. The zero-order chi connectivity index (χ0) is 20.1. The summed E-state index contributed by atoms with van der Waals surface area (Å²) in [6.07, 6.45) is 0. The predicted molar refractivity (Wildman–Crippen MR) is 104 cm³/mol. The lowest BCUT2D eigenvalue weighted by atomic mass is 10.1. The zero-order valence-corrected chi connectivity index (χ0v) is 15.9. The van der Waals surface area contributed by atoms with E-state index in [4.69, 9.17) is 5.11 Å². The fraction of sp³-hybridized carbons (Fsp3) is 0.286. The molecular weight excluding hydrogens is 344 g/mol. The largest absolute Gasteiger partial charge is 0.478 e. The molecule has 0 spiro atoms. The summed E-state index contributed by atoms with van der Waals surface area (Å²) in [6.45, 7) is 7.87. The molecule has 2 amide bonds. The maximum atomic E-state index is 12.7. The van der Waals surface area contributed by atoms with Gasteiger partial charge in [-0.25, -0.2) is 4.79 Å². The fourth-order valence-electron chi connectivity index (χ4n) is 2.88. The van der Waals surface area contributed by atoms with Gasteiger partial charge < -0.3 is 15.3 Å². The molecule has 0 aliphatic rings. The number of carboxylic acid groups (broad SMARTS) is 1. The van der Waals surface area contributed by atoms with Gasteiger partial charge >= 0.3 is 5.97 Å². The Morgan fingerprint density at radius 2 is 1.22 bits per heavy atom. The third-order valence-corrected chi connectivity index (χ3v) is 4.13. The van der Waals surface area contributed by atoms with E-state index >= 15 is 0 Å². The Kier molecular flexibility index (Phi) is 6.34. The second-order valence-corrected chi connectivity index (χ2v) is 6.81. The number of hydrogen-bond donors (Lipinski definition) is 2. The number of anilines is 1. The molecule has 0 fully saturated rings. The molecule has 142 valence electrons. The van der Waals surface area contributed by atoms with Crippen LogP contribution in [0, 0.1) is 0 Å². The van der Waals surface area contributed by atoms with Crippen molar-refractivity contribution in [2.75, 3.05) is 5.32 Å². The number of carbonyl (C=O) groups is 3. The summed E-state index contributed by atoms with van der Waals surface area (Å²) in [5.74, 6) is -1.43. The highest BCUT2D eigenvalue weighted by Crippen LogP contribution is 2.15. The van der Waals surface area contributed by atoms with Crippen LogP contribution in [0.1, 0.15) is 58.8 Å². The Hall–Kier alpha value is -3.15. The number of benzene rings is 2. The van der Waals surface area contributed by atoms with Gasteiger partial charge in [-0.2, -0.15) is 0 Å². The van der Waals surface area contributed by atoms with Gasteiger partial charge in [0.15, 0.2) is 0 Å². The summed E-state index contributed by atoms with van der Waals surface area (Å²) in [5, 5.41) is 11.6. The van der Waals surface area contributed by atoms with Gasteiger partial charge in [-0.3, -0.25) is 9.59 Å². The van der Waals surface area contributed by atoms with E-state index in [1.807, 2.05) is 27.7 Å². The summed E-state index contributed by atoms with van der Waals surface area (Å²) in [6, 6.07) is 12.6. The molecule has 0 unspecified atom stereocenters. The predicted octanol–water partition coefficient (Wildman–Crippen LogP) is 3.90. The van der Waals surface area contributed by atoms with Crippen molar-refractivity contribution >= 4 is 23.5 Å². The fourth-order valence-corrected chi connectivity index (χ4v) is 2.88. The minimum Gasteiger partial charge on any atom is -0.478 e. The van der Waals surface area contributed by atoms with Gasteiger partial charge in [-0.15, -0.1) is 0 Å². The minimum absolute atomic E-state index is 0.0729. The van der Waals surface area contributed by atoms with Gasteiger partial charge in [-0.1, -0.05) is 0 Å². The topological polar surface area (TPSA) is 86.7 Å². The highest BCUT2D eigenvalue weighted by Gasteiger charge is 2.21. The molecule has 0 saturated carbocycles. The molecule has 0 aliphatic carbocycles. The molecule has 6 nitrogen and oxygen atoms in total. The minimum atomic E-state index is -1.02. The van der Waals surface area contributed by atoms with Gasteiger partial charge in [-0.05, 0) is 76.2 Å². The number of carbonyl (C=O) groups excluding carboxylic acids is 2. The summed E-state index contributed by atoms with van der Waals surface area (Å²) in [4.78, 5) is 37.7.